The predicted molar refractivity (Wildman–Crippen MR) is 120 cm³/mol. The molecule has 8 heteroatoms. The van der Waals surface area contributed by atoms with Gasteiger partial charge >= 0.3 is 0 Å². The molecule has 0 unspecified atom stereocenters. The molecule has 1 fully saturated rings. The molecule has 1 N–H and O–H groups in total. The van der Waals surface area contributed by atoms with Crippen LogP contribution in [0, 0.1) is 0 Å². The first-order chi connectivity index (χ1) is 14.5. The molecular formula is C22H23N3O3S2. The molecule has 1 aromatic carbocycles. The van der Waals surface area contributed by atoms with E-state index in [1.54, 1.807) is 35.6 Å². The number of benzene rings is 1. The molecule has 5 rings (SSSR count). The highest BCUT2D eigenvalue weighted by atomic mass is 32.2. The normalized spacial score (nSPS) is 17.7. The average Bonchev–Trinajstić information content (AvgIpc) is 3.46. The topological polar surface area (TPSA) is 71.4 Å². The number of carbonyl (C=O) groups excluding carboxylic acids is 1. The van der Waals surface area contributed by atoms with E-state index in [4.69, 9.17) is 0 Å². The van der Waals surface area contributed by atoms with Gasteiger partial charge in [0.25, 0.3) is 5.91 Å². The van der Waals surface area contributed by atoms with E-state index < -0.39 is 10.0 Å². The van der Waals surface area contributed by atoms with E-state index in [0.717, 1.165) is 29.8 Å². The summed E-state index contributed by atoms with van der Waals surface area (Å²) < 4.78 is 27.7. The van der Waals surface area contributed by atoms with Gasteiger partial charge in [-0.2, -0.15) is 0 Å². The summed E-state index contributed by atoms with van der Waals surface area (Å²) in [6.07, 6.45) is 8.82. The van der Waals surface area contributed by atoms with Crippen LogP contribution in [0.2, 0.25) is 0 Å². The number of nitrogens with zero attached hydrogens (tertiary/aromatic N) is 2. The zero-order valence-corrected chi connectivity index (χ0v) is 18.1. The summed E-state index contributed by atoms with van der Waals surface area (Å²) in [5.74, 6) is 0.0800. The summed E-state index contributed by atoms with van der Waals surface area (Å²) in [4.78, 5) is 14.6. The molecule has 0 radical (unpaired) electrons. The number of carbonyl (C=O) groups is 1. The van der Waals surface area contributed by atoms with Crippen LogP contribution in [0.4, 0.5) is 11.4 Å². The van der Waals surface area contributed by atoms with Crippen molar-refractivity contribution in [2.75, 3.05) is 21.9 Å². The smallest absolute Gasteiger partial charge is 0.258 e. The number of hydrogen-bond acceptors (Lipinski definition) is 4. The molecule has 3 heterocycles. The number of rotatable bonds is 4. The van der Waals surface area contributed by atoms with Gasteiger partial charge in [0.2, 0.25) is 10.0 Å². The van der Waals surface area contributed by atoms with Crippen molar-refractivity contribution >= 4 is 38.6 Å². The Bertz CT molecular complexity index is 1180. The zero-order valence-electron chi connectivity index (χ0n) is 16.5. The van der Waals surface area contributed by atoms with Crippen molar-refractivity contribution in [3.63, 3.8) is 0 Å². The van der Waals surface area contributed by atoms with Crippen LogP contribution in [0.25, 0.3) is 5.00 Å². The standard InChI is InChI=1S/C22H23N3O3S2/c26-21(23-16-8-10-17(11-9-16)25-14-5-15-30(25,27)28)20-18-6-1-2-7-19(18)29-22(20)24-12-3-4-13-24/h3-4,8-13H,1-2,5-7,14-15H2,(H,23,26). The maximum atomic E-state index is 13.3. The van der Waals surface area contributed by atoms with Gasteiger partial charge in [-0.05, 0) is 74.1 Å². The fourth-order valence-electron chi connectivity index (χ4n) is 4.27. The van der Waals surface area contributed by atoms with E-state index in [9.17, 15) is 13.2 Å². The first kappa shape index (κ1) is 19.4. The molecule has 1 amide bonds. The second-order valence-electron chi connectivity index (χ2n) is 7.72. The van der Waals surface area contributed by atoms with Gasteiger partial charge < -0.3 is 9.88 Å². The molecular weight excluding hydrogens is 418 g/mol. The molecule has 0 bridgehead atoms. The van der Waals surface area contributed by atoms with Crippen LogP contribution in [0.15, 0.2) is 48.8 Å². The first-order valence-electron chi connectivity index (χ1n) is 10.2. The molecule has 2 aliphatic rings. The third kappa shape index (κ3) is 3.44. The number of aryl methyl sites for hydroxylation is 1. The van der Waals surface area contributed by atoms with Gasteiger partial charge in [0.1, 0.15) is 5.00 Å². The van der Waals surface area contributed by atoms with Gasteiger partial charge in [-0.3, -0.25) is 9.10 Å². The number of anilines is 2. The summed E-state index contributed by atoms with van der Waals surface area (Å²) >= 11 is 1.71. The van der Waals surface area contributed by atoms with Crippen molar-refractivity contribution in [1.29, 1.82) is 0 Å². The van der Waals surface area contributed by atoms with Gasteiger partial charge in [0.05, 0.1) is 17.0 Å². The lowest BCUT2D eigenvalue weighted by Gasteiger charge is -2.17. The summed E-state index contributed by atoms with van der Waals surface area (Å²) in [6, 6.07) is 11.0. The quantitative estimate of drug-likeness (QED) is 0.659. The minimum Gasteiger partial charge on any atom is -0.322 e. The summed E-state index contributed by atoms with van der Waals surface area (Å²) in [7, 11) is -3.21. The second kappa shape index (κ2) is 7.59. The van der Waals surface area contributed by atoms with Crippen molar-refractivity contribution in [1.82, 2.24) is 4.57 Å². The van der Waals surface area contributed by atoms with Gasteiger partial charge in [-0.1, -0.05) is 0 Å². The van der Waals surface area contributed by atoms with E-state index in [1.165, 1.54) is 21.2 Å². The van der Waals surface area contributed by atoms with E-state index in [0.29, 0.717) is 24.3 Å². The van der Waals surface area contributed by atoms with Crippen molar-refractivity contribution in [3.05, 3.63) is 64.8 Å². The predicted octanol–water partition coefficient (Wildman–Crippen LogP) is 4.21. The highest BCUT2D eigenvalue weighted by molar-refractivity contribution is 7.93. The number of aromatic nitrogens is 1. The highest BCUT2D eigenvalue weighted by Gasteiger charge is 2.29. The van der Waals surface area contributed by atoms with Gasteiger partial charge in [0, 0.05) is 29.5 Å². The van der Waals surface area contributed by atoms with Gasteiger partial charge in [-0.25, -0.2) is 8.42 Å². The maximum Gasteiger partial charge on any atom is 0.258 e. The Labute approximate surface area is 180 Å². The molecule has 156 valence electrons. The van der Waals surface area contributed by atoms with Gasteiger partial charge in [-0.15, -0.1) is 11.3 Å². The molecule has 1 aliphatic heterocycles. The Hall–Kier alpha value is -2.58. The fourth-order valence-corrected chi connectivity index (χ4v) is 7.19. The van der Waals surface area contributed by atoms with Crippen LogP contribution in [-0.4, -0.2) is 31.2 Å². The number of amides is 1. The van der Waals surface area contributed by atoms with Crippen molar-refractivity contribution in [2.24, 2.45) is 0 Å². The molecule has 3 aromatic rings. The number of thiophene rings is 1. The fraction of sp³-hybridized carbons (Fsp3) is 0.318. The average molecular weight is 442 g/mol. The van der Waals surface area contributed by atoms with Crippen molar-refractivity contribution in [3.8, 4) is 5.00 Å². The monoisotopic (exact) mass is 441 g/mol. The highest BCUT2D eigenvalue weighted by Crippen LogP contribution is 2.37. The molecule has 0 saturated carbocycles. The Morgan fingerprint density at radius 1 is 1.00 bits per heavy atom. The molecule has 0 atom stereocenters. The Morgan fingerprint density at radius 3 is 2.43 bits per heavy atom. The molecule has 1 saturated heterocycles. The largest absolute Gasteiger partial charge is 0.322 e. The number of hydrogen-bond donors (Lipinski definition) is 1. The summed E-state index contributed by atoms with van der Waals surface area (Å²) in [5, 5.41) is 3.98. The Kier molecular flexibility index (Phi) is 4.91. The molecule has 1 aliphatic carbocycles. The Balaban J connectivity index is 1.43. The lowest BCUT2D eigenvalue weighted by atomic mass is 9.95. The lowest BCUT2D eigenvalue weighted by molar-refractivity contribution is 0.102. The maximum absolute atomic E-state index is 13.3. The van der Waals surface area contributed by atoms with Gasteiger partial charge in [0.15, 0.2) is 0 Å². The summed E-state index contributed by atoms with van der Waals surface area (Å²) in [5.41, 5.74) is 3.24. The summed E-state index contributed by atoms with van der Waals surface area (Å²) in [6.45, 7) is 0.509. The SMILES string of the molecule is O=C(Nc1ccc(N2CCCS2(=O)=O)cc1)c1c(-n2cccc2)sc2c1CCCC2. The van der Waals surface area contributed by atoms with E-state index in [1.807, 2.05) is 29.1 Å². The molecule has 30 heavy (non-hydrogen) atoms. The van der Waals surface area contributed by atoms with Crippen LogP contribution >= 0.6 is 11.3 Å². The minimum absolute atomic E-state index is 0.111. The van der Waals surface area contributed by atoms with Crippen molar-refractivity contribution < 1.29 is 13.2 Å². The van der Waals surface area contributed by atoms with Crippen LogP contribution in [0.3, 0.4) is 0 Å². The number of sulfonamides is 1. The molecule has 0 spiro atoms. The van der Waals surface area contributed by atoms with E-state index in [-0.39, 0.29) is 11.7 Å². The van der Waals surface area contributed by atoms with Crippen LogP contribution < -0.4 is 9.62 Å². The van der Waals surface area contributed by atoms with Crippen molar-refractivity contribution in [2.45, 2.75) is 32.1 Å². The lowest BCUT2D eigenvalue weighted by Crippen LogP contribution is -2.25. The third-order valence-corrected chi connectivity index (χ3v) is 8.91. The minimum atomic E-state index is -3.21. The number of nitrogens with one attached hydrogen (secondary N) is 1. The van der Waals surface area contributed by atoms with Crippen LogP contribution in [-0.2, 0) is 22.9 Å². The Morgan fingerprint density at radius 2 is 1.73 bits per heavy atom. The number of fused-ring (bicyclic) bond motifs is 1. The first-order valence-corrected chi connectivity index (χ1v) is 12.7. The molecule has 6 nitrogen and oxygen atoms in total. The zero-order chi connectivity index (χ0) is 20.7. The van der Waals surface area contributed by atoms with Crippen LogP contribution in [0.5, 0.6) is 0 Å². The molecule has 2 aromatic heterocycles. The van der Waals surface area contributed by atoms with E-state index in [2.05, 4.69) is 5.32 Å². The van der Waals surface area contributed by atoms with Crippen LogP contribution in [0.1, 0.15) is 40.1 Å². The third-order valence-electron chi connectivity index (χ3n) is 5.73. The second-order valence-corrected chi connectivity index (χ2v) is 10.8. The van der Waals surface area contributed by atoms with E-state index >= 15 is 0 Å².